The fourth-order valence-electron chi connectivity index (χ4n) is 4.28. The second-order valence-corrected chi connectivity index (χ2v) is 7.54. The molecular weight excluding hydrogens is 336 g/mol. The summed E-state index contributed by atoms with van der Waals surface area (Å²) in [4.78, 5) is 29.1. The molecule has 1 amide bonds. The lowest BCUT2D eigenvalue weighted by molar-refractivity contribution is -0.133. The van der Waals surface area contributed by atoms with Gasteiger partial charge >= 0.3 is 0 Å². The van der Waals surface area contributed by atoms with E-state index in [1.165, 1.54) is 11.1 Å². The monoisotopic (exact) mass is 362 g/mol. The highest BCUT2D eigenvalue weighted by molar-refractivity contribution is 5.97. The maximum Gasteiger partial charge on any atom is 0.223 e. The fourth-order valence-corrected chi connectivity index (χ4v) is 4.28. The highest BCUT2D eigenvalue weighted by Gasteiger charge is 2.30. The van der Waals surface area contributed by atoms with E-state index in [1.807, 2.05) is 35.2 Å². The Morgan fingerprint density at radius 1 is 0.778 bits per heavy atom. The average molecular weight is 362 g/mol. The third kappa shape index (κ3) is 4.11. The van der Waals surface area contributed by atoms with Crippen molar-refractivity contribution in [3.8, 4) is 0 Å². The molecule has 1 aliphatic carbocycles. The van der Waals surface area contributed by atoms with Crippen molar-refractivity contribution < 1.29 is 9.59 Å². The van der Waals surface area contributed by atoms with Crippen LogP contribution in [0.15, 0.2) is 54.6 Å². The summed E-state index contributed by atoms with van der Waals surface area (Å²) in [6.45, 7) is 3.39. The zero-order valence-electron chi connectivity index (χ0n) is 15.6. The Morgan fingerprint density at radius 2 is 1.37 bits per heavy atom. The Morgan fingerprint density at radius 3 is 2.00 bits per heavy atom. The van der Waals surface area contributed by atoms with Crippen molar-refractivity contribution >= 4 is 11.7 Å². The number of fused-ring (bicyclic) bond motifs is 1. The van der Waals surface area contributed by atoms with Gasteiger partial charge in [-0.05, 0) is 24.0 Å². The van der Waals surface area contributed by atoms with Crippen LogP contribution in [0, 0.1) is 0 Å². The summed E-state index contributed by atoms with van der Waals surface area (Å²) in [7, 11) is 0. The Bertz CT molecular complexity index is 785. The molecule has 1 fully saturated rings. The van der Waals surface area contributed by atoms with E-state index in [-0.39, 0.29) is 11.7 Å². The summed E-state index contributed by atoms with van der Waals surface area (Å²) in [5.41, 5.74) is 3.64. The molecule has 1 heterocycles. The number of benzene rings is 2. The first-order valence-corrected chi connectivity index (χ1v) is 9.87. The van der Waals surface area contributed by atoms with Crippen LogP contribution in [-0.4, -0.2) is 53.7 Å². The van der Waals surface area contributed by atoms with Crippen LogP contribution in [0.4, 0.5) is 0 Å². The largest absolute Gasteiger partial charge is 0.340 e. The minimum absolute atomic E-state index is 0.0475. The Kier molecular flexibility index (Phi) is 5.35. The number of amides is 1. The van der Waals surface area contributed by atoms with Crippen LogP contribution in [0.5, 0.6) is 0 Å². The summed E-state index contributed by atoms with van der Waals surface area (Å²) in [5, 5.41) is 0. The van der Waals surface area contributed by atoms with Gasteiger partial charge in [-0.2, -0.15) is 0 Å². The smallest absolute Gasteiger partial charge is 0.223 e. The number of Topliss-reactive ketones (excluding diaryl/α,β-unsaturated/α-hetero) is 1. The predicted molar refractivity (Wildman–Crippen MR) is 106 cm³/mol. The fraction of sp³-hybridized carbons (Fsp3) is 0.391. The molecule has 4 rings (SSSR count). The van der Waals surface area contributed by atoms with Crippen molar-refractivity contribution in [3.63, 3.8) is 0 Å². The highest BCUT2D eigenvalue weighted by Crippen LogP contribution is 2.26. The number of piperazine rings is 1. The van der Waals surface area contributed by atoms with Crippen LogP contribution >= 0.6 is 0 Å². The standard InChI is InChI=1S/C23H26N2O2/c26-22(18-6-2-1-3-7-18)10-11-23(27)25-14-12-24(13-15-25)21-16-19-8-4-5-9-20(19)17-21/h1-9,21H,10-17H2. The lowest BCUT2D eigenvalue weighted by Crippen LogP contribution is -2.52. The topological polar surface area (TPSA) is 40.6 Å². The molecule has 0 unspecified atom stereocenters. The number of nitrogens with zero attached hydrogens (tertiary/aromatic N) is 2. The molecule has 27 heavy (non-hydrogen) atoms. The Hall–Kier alpha value is -2.46. The van der Waals surface area contributed by atoms with E-state index in [0.29, 0.717) is 24.4 Å². The van der Waals surface area contributed by atoms with Gasteiger partial charge in [-0.25, -0.2) is 0 Å². The van der Waals surface area contributed by atoms with E-state index in [1.54, 1.807) is 0 Å². The van der Waals surface area contributed by atoms with Crippen molar-refractivity contribution in [1.29, 1.82) is 0 Å². The van der Waals surface area contributed by atoms with Crippen molar-refractivity contribution in [2.45, 2.75) is 31.7 Å². The molecule has 2 aromatic carbocycles. The summed E-state index contributed by atoms with van der Waals surface area (Å²) in [5.74, 6) is 0.153. The van der Waals surface area contributed by atoms with Gasteiger partial charge in [-0.1, -0.05) is 54.6 Å². The van der Waals surface area contributed by atoms with Gasteiger partial charge in [-0.15, -0.1) is 0 Å². The average Bonchev–Trinajstić information content (AvgIpc) is 3.17. The van der Waals surface area contributed by atoms with Crippen molar-refractivity contribution in [1.82, 2.24) is 9.80 Å². The molecule has 4 nitrogen and oxygen atoms in total. The Balaban J connectivity index is 1.23. The van der Waals surface area contributed by atoms with E-state index in [4.69, 9.17) is 0 Å². The summed E-state index contributed by atoms with van der Waals surface area (Å²) in [6.07, 6.45) is 2.84. The molecule has 0 atom stereocenters. The first-order chi connectivity index (χ1) is 13.2. The second-order valence-electron chi connectivity index (χ2n) is 7.54. The van der Waals surface area contributed by atoms with Crippen LogP contribution in [0.2, 0.25) is 0 Å². The van der Waals surface area contributed by atoms with Gasteiger partial charge in [0.2, 0.25) is 5.91 Å². The summed E-state index contributed by atoms with van der Waals surface area (Å²) in [6, 6.07) is 18.5. The molecule has 0 radical (unpaired) electrons. The minimum Gasteiger partial charge on any atom is -0.340 e. The normalized spacial score (nSPS) is 17.7. The first-order valence-electron chi connectivity index (χ1n) is 9.87. The SMILES string of the molecule is O=C(CCC(=O)N1CCN(C2Cc3ccccc3C2)CC1)c1ccccc1. The molecule has 0 N–H and O–H groups in total. The van der Waals surface area contributed by atoms with Crippen LogP contribution in [-0.2, 0) is 17.6 Å². The van der Waals surface area contributed by atoms with E-state index in [2.05, 4.69) is 29.2 Å². The van der Waals surface area contributed by atoms with Crippen LogP contribution in [0.3, 0.4) is 0 Å². The van der Waals surface area contributed by atoms with Crippen molar-refractivity contribution in [3.05, 3.63) is 71.3 Å². The molecule has 0 bridgehead atoms. The molecule has 0 saturated carbocycles. The summed E-state index contributed by atoms with van der Waals surface area (Å²) >= 11 is 0. The zero-order valence-corrected chi connectivity index (χ0v) is 15.6. The van der Waals surface area contributed by atoms with Crippen molar-refractivity contribution in [2.24, 2.45) is 0 Å². The van der Waals surface area contributed by atoms with Crippen LogP contribution in [0.1, 0.15) is 34.3 Å². The van der Waals surface area contributed by atoms with Crippen LogP contribution in [0.25, 0.3) is 0 Å². The van der Waals surface area contributed by atoms with Gasteiger partial charge in [0.1, 0.15) is 0 Å². The summed E-state index contributed by atoms with van der Waals surface area (Å²) < 4.78 is 0. The number of carbonyl (C=O) groups is 2. The second kappa shape index (κ2) is 8.05. The predicted octanol–water partition coefficient (Wildman–Crippen LogP) is 2.96. The molecule has 1 aliphatic heterocycles. The minimum atomic E-state index is 0.0475. The molecule has 4 heteroatoms. The van der Waals surface area contributed by atoms with Gasteiger partial charge in [0.25, 0.3) is 0 Å². The van der Waals surface area contributed by atoms with E-state index < -0.39 is 0 Å². The zero-order chi connectivity index (χ0) is 18.6. The van der Waals surface area contributed by atoms with Gasteiger partial charge in [0.15, 0.2) is 5.78 Å². The van der Waals surface area contributed by atoms with Gasteiger partial charge < -0.3 is 4.90 Å². The maximum atomic E-state index is 12.5. The highest BCUT2D eigenvalue weighted by atomic mass is 16.2. The molecule has 0 aromatic heterocycles. The van der Waals surface area contributed by atoms with Crippen LogP contribution < -0.4 is 0 Å². The van der Waals surface area contributed by atoms with E-state index in [0.717, 1.165) is 39.0 Å². The molecule has 1 saturated heterocycles. The number of hydrogen-bond acceptors (Lipinski definition) is 3. The number of hydrogen-bond donors (Lipinski definition) is 0. The quantitative estimate of drug-likeness (QED) is 0.768. The van der Waals surface area contributed by atoms with Gasteiger partial charge in [0.05, 0.1) is 0 Å². The molecule has 2 aromatic rings. The third-order valence-electron chi connectivity index (χ3n) is 5.87. The maximum absolute atomic E-state index is 12.5. The Labute approximate surface area is 160 Å². The number of carbonyl (C=O) groups excluding carboxylic acids is 2. The molecule has 2 aliphatic rings. The molecule has 140 valence electrons. The van der Waals surface area contributed by atoms with Gasteiger partial charge in [0, 0.05) is 50.6 Å². The molecule has 0 spiro atoms. The molecular formula is C23H26N2O2. The lowest BCUT2D eigenvalue weighted by atomic mass is 10.1. The third-order valence-corrected chi connectivity index (χ3v) is 5.87. The number of ketones is 1. The lowest BCUT2D eigenvalue weighted by Gasteiger charge is -2.38. The van der Waals surface area contributed by atoms with E-state index in [9.17, 15) is 9.59 Å². The number of rotatable bonds is 5. The van der Waals surface area contributed by atoms with Gasteiger partial charge in [-0.3, -0.25) is 14.5 Å². The first kappa shape index (κ1) is 17.9. The van der Waals surface area contributed by atoms with Crippen molar-refractivity contribution in [2.75, 3.05) is 26.2 Å². The van der Waals surface area contributed by atoms with E-state index >= 15 is 0 Å².